The lowest BCUT2D eigenvalue weighted by molar-refractivity contribution is -0.120. The molecule has 1 unspecified atom stereocenters. The Bertz CT molecular complexity index is 1130. The molecule has 0 radical (unpaired) electrons. The summed E-state index contributed by atoms with van der Waals surface area (Å²) in [5.41, 5.74) is 0.514. The molecular formula is C18H20N8O3S. The highest BCUT2D eigenvalue weighted by Crippen LogP contribution is 2.24. The van der Waals surface area contributed by atoms with Crippen molar-refractivity contribution in [1.82, 2.24) is 24.7 Å². The number of benzene rings is 1. The average molecular weight is 428 g/mol. The van der Waals surface area contributed by atoms with E-state index in [-0.39, 0.29) is 16.7 Å². The summed E-state index contributed by atoms with van der Waals surface area (Å²) in [7, 11) is -3.77. The number of hydrogen-bond donors (Lipinski definition) is 2. The highest BCUT2D eigenvalue weighted by atomic mass is 32.2. The van der Waals surface area contributed by atoms with Gasteiger partial charge >= 0.3 is 0 Å². The van der Waals surface area contributed by atoms with Crippen molar-refractivity contribution >= 4 is 27.4 Å². The molecule has 0 bridgehead atoms. The van der Waals surface area contributed by atoms with Crippen LogP contribution in [0.2, 0.25) is 0 Å². The van der Waals surface area contributed by atoms with E-state index >= 15 is 0 Å². The van der Waals surface area contributed by atoms with Crippen LogP contribution in [-0.2, 0) is 14.8 Å². The smallest absolute Gasteiger partial charge is 0.238 e. The first-order chi connectivity index (χ1) is 14.4. The first kappa shape index (κ1) is 19.9. The van der Waals surface area contributed by atoms with E-state index in [1.54, 1.807) is 17.1 Å². The van der Waals surface area contributed by atoms with Gasteiger partial charge in [-0.15, -0.1) is 0 Å². The number of sulfonamides is 1. The molecule has 3 heterocycles. The maximum absolute atomic E-state index is 12.7. The van der Waals surface area contributed by atoms with E-state index in [1.165, 1.54) is 36.9 Å². The number of anilines is 2. The van der Waals surface area contributed by atoms with Crippen LogP contribution in [0, 0.1) is 5.92 Å². The van der Waals surface area contributed by atoms with Crippen LogP contribution in [0.1, 0.15) is 12.8 Å². The Hall–Kier alpha value is -3.38. The fraction of sp³-hybridized carbons (Fsp3) is 0.278. The number of rotatable bonds is 5. The maximum atomic E-state index is 12.7. The maximum Gasteiger partial charge on any atom is 0.238 e. The molecule has 1 aliphatic heterocycles. The molecule has 1 amide bonds. The van der Waals surface area contributed by atoms with E-state index in [2.05, 4.69) is 25.4 Å². The second kappa shape index (κ2) is 8.16. The summed E-state index contributed by atoms with van der Waals surface area (Å²) in [4.78, 5) is 27.2. The zero-order chi connectivity index (χ0) is 21.1. The lowest BCUT2D eigenvalue weighted by atomic mass is 9.97. The molecule has 1 atom stereocenters. The quantitative estimate of drug-likeness (QED) is 0.599. The van der Waals surface area contributed by atoms with Gasteiger partial charge in [0.1, 0.15) is 24.8 Å². The zero-order valence-corrected chi connectivity index (χ0v) is 16.7. The molecule has 12 heteroatoms. The Morgan fingerprint density at radius 2 is 1.90 bits per heavy atom. The molecule has 0 saturated carbocycles. The second-order valence-electron chi connectivity index (χ2n) is 6.92. The summed E-state index contributed by atoms with van der Waals surface area (Å²) in [6.07, 6.45) is 6.03. The summed E-state index contributed by atoms with van der Waals surface area (Å²) in [6, 6.07) is 7.58. The van der Waals surface area contributed by atoms with Gasteiger partial charge in [0.25, 0.3) is 0 Å². The van der Waals surface area contributed by atoms with Crippen LogP contribution >= 0.6 is 0 Å². The number of nitrogens with two attached hydrogens (primary N) is 1. The van der Waals surface area contributed by atoms with Crippen LogP contribution in [-0.4, -0.2) is 52.1 Å². The molecular weight excluding hydrogens is 408 g/mol. The van der Waals surface area contributed by atoms with Gasteiger partial charge in [-0.1, -0.05) is 0 Å². The van der Waals surface area contributed by atoms with Gasteiger partial charge in [0, 0.05) is 24.8 Å². The standard InChI is InChI=1S/C18H20N8O3S/c19-30(28,29)15-5-3-14(4-6-15)24-18(27)13-2-1-7-25(9-13)16-8-17(22-11-21-16)26-12-20-10-23-26/h3-6,8,10-13H,1-2,7,9H2,(H,24,27)(H2,19,28,29). The third-order valence-corrected chi connectivity index (χ3v) is 5.79. The lowest BCUT2D eigenvalue weighted by Crippen LogP contribution is -2.41. The molecule has 3 N–H and O–H groups in total. The first-order valence-electron chi connectivity index (χ1n) is 9.26. The highest BCUT2D eigenvalue weighted by molar-refractivity contribution is 7.89. The van der Waals surface area contributed by atoms with Gasteiger partial charge in [-0.05, 0) is 37.1 Å². The van der Waals surface area contributed by atoms with Crippen LogP contribution in [0.3, 0.4) is 0 Å². The van der Waals surface area contributed by atoms with Crippen molar-refractivity contribution in [3.63, 3.8) is 0 Å². The molecule has 11 nitrogen and oxygen atoms in total. The third-order valence-electron chi connectivity index (χ3n) is 4.86. The molecule has 0 aliphatic carbocycles. The van der Waals surface area contributed by atoms with Gasteiger partial charge in [0.15, 0.2) is 5.82 Å². The van der Waals surface area contributed by atoms with Crippen molar-refractivity contribution in [2.45, 2.75) is 17.7 Å². The SMILES string of the molecule is NS(=O)(=O)c1ccc(NC(=O)C2CCCN(c3cc(-n4cncn4)ncn3)C2)cc1. The topological polar surface area (TPSA) is 149 Å². The summed E-state index contributed by atoms with van der Waals surface area (Å²) < 4.78 is 24.2. The average Bonchev–Trinajstić information content (AvgIpc) is 3.29. The minimum absolute atomic E-state index is 0.00344. The van der Waals surface area contributed by atoms with Gasteiger partial charge < -0.3 is 10.2 Å². The molecule has 0 spiro atoms. The van der Waals surface area contributed by atoms with E-state index in [1.807, 2.05) is 4.90 Å². The number of nitrogens with zero attached hydrogens (tertiary/aromatic N) is 6. The molecule has 1 aliphatic rings. The third kappa shape index (κ3) is 4.44. The normalized spacial score (nSPS) is 17.0. The summed E-state index contributed by atoms with van der Waals surface area (Å²) in [6.45, 7) is 1.29. The molecule has 1 saturated heterocycles. The Kier molecular flexibility index (Phi) is 5.42. The van der Waals surface area contributed by atoms with Crippen molar-refractivity contribution in [2.24, 2.45) is 11.1 Å². The minimum Gasteiger partial charge on any atom is -0.356 e. The Balaban J connectivity index is 1.44. The molecule has 3 aromatic rings. The summed E-state index contributed by atoms with van der Waals surface area (Å²) >= 11 is 0. The molecule has 1 fully saturated rings. The number of primary sulfonamides is 1. The number of carbonyl (C=O) groups excluding carboxylic acids is 1. The van der Waals surface area contributed by atoms with Crippen molar-refractivity contribution in [1.29, 1.82) is 0 Å². The van der Waals surface area contributed by atoms with Crippen LogP contribution in [0.5, 0.6) is 0 Å². The number of hydrogen-bond acceptors (Lipinski definition) is 8. The van der Waals surface area contributed by atoms with Crippen LogP contribution < -0.4 is 15.4 Å². The van der Waals surface area contributed by atoms with Crippen molar-refractivity contribution < 1.29 is 13.2 Å². The molecule has 2 aromatic heterocycles. The van der Waals surface area contributed by atoms with Crippen LogP contribution in [0.4, 0.5) is 11.5 Å². The number of carbonyl (C=O) groups is 1. The number of amides is 1. The molecule has 156 valence electrons. The van der Waals surface area contributed by atoms with Gasteiger partial charge in [-0.2, -0.15) is 5.10 Å². The van der Waals surface area contributed by atoms with Crippen molar-refractivity contribution in [3.8, 4) is 5.82 Å². The second-order valence-corrected chi connectivity index (χ2v) is 8.48. The fourth-order valence-corrected chi connectivity index (χ4v) is 3.85. The van der Waals surface area contributed by atoms with Crippen LogP contribution in [0.25, 0.3) is 5.82 Å². The lowest BCUT2D eigenvalue weighted by Gasteiger charge is -2.32. The van der Waals surface area contributed by atoms with Gasteiger partial charge in [-0.25, -0.2) is 33.2 Å². The first-order valence-corrected chi connectivity index (χ1v) is 10.8. The van der Waals surface area contributed by atoms with Gasteiger partial charge in [0.2, 0.25) is 15.9 Å². The van der Waals surface area contributed by atoms with E-state index in [9.17, 15) is 13.2 Å². The highest BCUT2D eigenvalue weighted by Gasteiger charge is 2.27. The summed E-state index contributed by atoms with van der Waals surface area (Å²) in [5, 5.41) is 12.0. The summed E-state index contributed by atoms with van der Waals surface area (Å²) in [5.74, 6) is 0.944. The van der Waals surface area contributed by atoms with Crippen molar-refractivity contribution in [2.75, 3.05) is 23.3 Å². The minimum atomic E-state index is -3.77. The van der Waals surface area contributed by atoms with E-state index in [0.717, 1.165) is 19.4 Å². The van der Waals surface area contributed by atoms with Gasteiger partial charge in [-0.3, -0.25) is 4.79 Å². The molecule has 4 rings (SSSR count). The Morgan fingerprint density at radius 3 is 2.60 bits per heavy atom. The predicted molar refractivity (Wildman–Crippen MR) is 108 cm³/mol. The van der Waals surface area contributed by atoms with E-state index in [0.29, 0.717) is 23.9 Å². The molecule has 1 aromatic carbocycles. The fourth-order valence-electron chi connectivity index (χ4n) is 3.33. The van der Waals surface area contributed by atoms with Crippen LogP contribution in [0.15, 0.2) is 54.2 Å². The number of aromatic nitrogens is 5. The largest absolute Gasteiger partial charge is 0.356 e. The van der Waals surface area contributed by atoms with Crippen molar-refractivity contribution in [3.05, 3.63) is 49.3 Å². The Labute approximate surface area is 173 Å². The predicted octanol–water partition coefficient (Wildman–Crippen LogP) is 0.560. The molecule has 30 heavy (non-hydrogen) atoms. The van der Waals surface area contributed by atoms with E-state index in [4.69, 9.17) is 5.14 Å². The number of nitrogens with one attached hydrogen (secondary N) is 1. The Morgan fingerprint density at radius 1 is 1.13 bits per heavy atom. The number of piperidine rings is 1. The van der Waals surface area contributed by atoms with E-state index < -0.39 is 10.0 Å². The van der Waals surface area contributed by atoms with Gasteiger partial charge in [0.05, 0.1) is 10.8 Å². The zero-order valence-electron chi connectivity index (χ0n) is 15.9. The monoisotopic (exact) mass is 428 g/mol.